The number of alkyl halides is 6. The van der Waals surface area contributed by atoms with E-state index in [0.717, 1.165) is 10.6 Å². The van der Waals surface area contributed by atoms with Gasteiger partial charge in [-0.2, -0.15) is 26.3 Å². The molecule has 0 radical (unpaired) electrons. The first-order valence-electron chi connectivity index (χ1n) is 7.21. The lowest BCUT2D eigenvalue weighted by Gasteiger charge is -2.39. The number of rotatable bonds is 4. The molecule has 0 aliphatic heterocycles. The minimum absolute atomic E-state index is 0.0572. The molecule has 0 aliphatic carbocycles. The van der Waals surface area contributed by atoms with Gasteiger partial charge in [-0.3, -0.25) is 4.79 Å². The monoisotopic (exact) mass is 416 g/mol. The molecule has 0 aliphatic rings. The van der Waals surface area contributed by atoms with Gasteiger partial charge in [0.2, 0.25) is 0 Å². The van der Waals surface area contributed by atoms with Crippen molar-refractivity contribution in [3.63, 3.8) is 0 Å². The van der Waals surface area contributed by atoms with Crippen LogP contribution in [0.15, 0.2) is 42.5 Å². The van der Waals surface area contributed by atoms with Crippen molar-refractivity contribution in [3.8, 4) is 0 Å². The third kappa shape index (κ3) is 4.15. The zero-order valence-corrected chi connectivity index (χ0v) is 13.4. The van der Waals surface area contributed by atoms with Gasteiger partial charge in [-0.15, -0.1) is 0 Å². The first-order valence-corrected chi connectivity index (χ1v) is 7.21. The van der Waals surface area contributed by atoms with E-state index in [2.05, 4.69) is 0 Å². The van der Waals surface area contributed by atoms with E-state index in [4.69, 9.17) is 0 Å². The number of amides is 1. The van der Waals surface area contributed by atoms with Gasteiger partial charge in [0.05, 0.1) is 5.69 Å². The third-order valence-corrected chi connectivity index (χ3v) is 3.51. The van der Waals surface area contributed by atoms with Crippen molar-refractivity contribution in [2.45, 2.75) is 18.0 Å². The summed E-state index contributed by atoms with van der Waals surface area (Å²) < 4.78 is 120. The third-order valence-electron chi connectivity index (χ3n) is 3.51. The van der Waals surface area contributed by atoms with E-state index in [1.807, 2.05) is 0 Å². The van der Waals surface area contributed by atoms with Crippen LogP contribution in [-0.2, 0) is 0 Å². The first kappa shape index (κ1) is 21.4. The van der Waals surface area contributed by atoms with Crippen molar-refractivity contribution in [2.24, 2.45) is 0 Å². The normalized spacial score (nSPS) is 12.6. The van der Waals surface area contributed by atoms with E-state index >= 15 is 0 Å². The van der Waals surface area contributed by atoms with Crippen LogP contribution in [0.25, 0.3) is 0 Å². The number of benzene rings is 2. The number of nitrogens with one attached hydrogen (secondary N) is 2. The van der Waals surface area contributed by atoms with Gasteiger partial charge in [0.25, 0.3) is 5.91 Å². The summed E-state index contributed by atoms with van der Waals surface area (Å²) in [4.78, 5) is 12.0. The highest BCUT2D eigenvalue weighted by molar-refractivity contribution is 5.95. The van der Waals surface area contributed by atoms with Gasteiger partial charge in [0.15, 0.2) is 0 Å². The highest BCUT2D eigenvalue weighted by Crippen LogP contribution is 2.44. The van der Waals surface area contributed by atoms with Crippen LogP contribution in [0.2, 0.25) is 0 Å². The van der Waals surface area contributed by atoms with Crippen molar-refractivity contribution in [2.75, 3.05) is 5.32 Å². The van der Waals surface area contributed by atoms with Gasteiger partial charge in [-0.05, 0) is 36.4 Å². The van der Waals surface area contributed by atoms with Gasteiger partial charge >= 0.3 is 18.0 Å². The molecule has 2 N–H and O–H groups in total. The SMILES string of the molecule is O=C(NC(Nc1ccc(F)cc1F)(C(F)(F)F)C(F)(F)F)c1ccc(F)cc1. The molecular formula is C16H9F9N2O. The molecule has 2 rings (SSSR count). The minimum Gasteiger partial charge on any atom is -0.345 e. The average Bonchev–Trinajstić information content (AvgIpc) is 2.54. The maximum Gasteiger partial charge on any atom is 0.439 e. The van der Waals surface area contributed by atoms with Crippen LogP contribution in [0.5, 0.6) is 0 Å². The van der Waals surface area contributed by atoms with Crippen molar-refractivity contribution < 1.29 is 44.3 Å². The lowest BCUT2D eigenvalue weighted by atomic mass is 10.1. The predicted molar refractivity (Wildman–Crippen MR) is 78.7 cm³/mol. The maximum atomic E-state index is 13.7. The first-order chi connectivity index (χ1) is 12.8. The minimum atomic E-state index is -6.21. The smallest absolute Gasteiger partial charge is 0.345 e. The molecule has 12 heteroatoms. The van der Waals surface area contributed by atoms with Crippen LogP contribution < -0.4 is 10.6 Å². The lowest BCUT2D eigenvalue weighted by Crippen LogP contribution is -2.72. The molecule has 2 aromatic carbocycles. The molecule has 0 aromatic heterocycles. The fourth-order valence-corrected chi connectivity index (χ4v) is 2.11. The molecule has 0 bridgehead atoms. The van der Waals surface area contributed by atoms with E-state index in [0.29, 0.717) is 36.4 Å². The average molecular weight is 416 g/mol. The van der Waals surface area contributed by atoms with Gasteiger partial charge in [-0.25, -0.2) is 13.2 Å². The number of hydrogen-bond donors (Lipinski definition) is 2. The van der Waals surface area contributed by atoms with Crippen molar-refractivity contribution in [1.82, 2.24) is 5.32 Å². The Hall–Kier alpha value is -2.92. The second kappa shape index (κ2) is 7.24. The van der Waals surface area contributed by atoms with Crippen molar-refractivity contribution >= 4 is 11.6 Å². The highest BCUT2D eigenvalue weighted by Gasteiger charge is 2.72. The van der Waals surface area contributed by atoms with Crippen molar-refractivity contribution in [1.29, 1.82) is 0 Å². The zero-order chi connectivity index (χ0) is 21.3. The van der Waals surface area contributed by atoms with Crippen LogP contribution in [0.3, 0.4) is 0 Å². The number of anilines is 1. The van der Waals surface area contributed by atoms with Gasteiger partial charge in [0.1, 0.15) is 17.5 Å². The number of hydrogen-bond acceptors (Lipinski definition) is 2. The maximum absolute atomic E-state index is 13.7. The number of carbonyl (C=O) groups is 1. The molecule has 3 nitrogen and oxygen atoms in total. The molecule has 0 heterocycles. The van der Waals surface area contributed by atoms with Crippen LogP contribution in [0.4, 0.5) is 45.2 Å². The second-order valence-corrected chi connectivity index (χ2v) is 5.46. The summed E-state index contributed by atoms with van der Waals surface area (Å²) >= 11 is 0. The zero-order valence-electron chi connectivity index (χ0n) is 13.4. The molecule has 0 atom stereocenters. The summed E-state index contributed by atoms with van der Waals surface area (Å²) in [6.07, 6.45) is -12.4. The van der Waals surface area contributed by atoms with E-state index in [1.54, 1.807) is 0 Å². The standard InChI is InChI=1S/C16H9F9N2O/c17-9-3-1-8(2-4-9)13(28)27-14(15(20,21)22,16(23,24)25)26-12-6-5-10(18)7-11(12)19/h1-7,26H,(H,27,28). The highest BCUT2D eigenvalue weighted by atomic mass is 19.4. The quantitative estimate of drug-likeness (QED) is 0.557. The Labute approximate surface area is 151 Å². The molecule has 0 saturated heterocycles. The summed E-state index contributed by atoms with van der Waals surface area (Å²) in [7, 11) is 0. The summed E-state index contributed by atoms with van der Waals surface area (Å²) in [5.41, 5.74) is -7.21. The number of carbonyl (C=O) groups excluding carboxylic acids is 1. The Morgan fingerprint density at radius 2 is 1.25 bits per heavy atom. The second-order valence-electron chi connectivity index (χ2n) is 5.46. The van der Waals surface area contributed by atoms with Gasteiger partial charge in [-0.1, -0.05) is 0 Å². The van der Waals surface area contributed by atoms with E-state index in [1.165, 1.54) is 0 Å². The van der Waals surface area contributed by atoms with Crippen molar-refractivity contribution in [3.05, 3.63) is 65.5 Å². The molecule has 152 valence electrons. The summed E-state index contributed by atoms with van der Waals surface area (Å²) in [5, 5.41) is 1.64. The molecule has 0 saturated carbocycles. The molecule has 0 spiro atoms. The topological polar surface area (TPSA) is 41.1 Å². The van der Waals surface area contributed by atoms with Crippen LogP contribution in [0.1, 0.15) is 10.4 Å². The fourth-order valence-electron chi connectivity index (χ4n) is 2.11. The number of halogens is 9. The Morgan fingerprint density at radius 3 is 1.71 bits per heavy atom. The van der Waals surface area contributed by atoms with Gasteiger partial charge in [0, 0.05) is 11.6 Å². The van der Waals surface area contributed by atoms with Crippen LogP contribution in [-0.4, -0.2) is 23.9 Å². The summed E-state index contributed by atoms with van der Waals surface area (Å²) in [5.74, 6) is -5.76. The molecule has 0 unspecified atom stereocenters. The molecular weight excluding hydrogens is 407 g/mol. The van der Waals surface area contributed by atoms with E-state index < -0.39 is 52.6 Å². The largest absolute Gasteiger partial charge is 0.439 e. The Bertz CT molecular complexity index is 846. The Morgan fingerprint density at radius 1 is 0.750 bits per heavy atom. The van der Waals surface area contributed by atoms with E-state index in [-0.39, 0.29) is 6.07 Å². The predicted octanol–water partition coefficient (Wildman–Crippen LogP) is 4.77. The summed E-state index contributed by atoms with van der Waals surface area (Å²) in [6.45, 7) is 0. The molecule has 1 amide bonds. The molecule has 2 aromatic rings. The molecule has 0 fully saturated rings. The summed E-state index contributed by atoms with van der Waals surface area (Å²) in [6, 6.07) is 3.38. The van der Waals surface area contributed by atoms with E-state index in [9.17, 15) is 44.3 Å². The van der Waals surface area contributed by atoms with Gasteiger partial charge < -0.3 is 10.6 Å². The molecule has 28 heavy (non-hydrogen) atoms. The Kier molecular flexibility index (Phi) is 5.53. The van der Waals surface area contributed by atoms with Crippen LogP contribution in [0, 0.1) is 17.5 Å². The lowest BCUT2D eigenvalue weighted by molar-refractivity contribution is -0.294. The Balaban J connectivity index is 2.54. The fraction of sp³-hybridized carbons (Fsp3) is 0.188. The van der Waals surface area contributed by atoms with Crippen LogP contribution >= 0.6 is 0 Å².